The highest BCUT2D eigenvalue weighted by Crippen LogP contribution is 2.15. The Hall–Kier alpha value is -1.81. The number of benzene rings is 1. The zero-order valence-electron chi connectivity index (χ0n) is 10.3. The molecule has 18 heavy (non-hydrogen) atoms. The Kier molecular flexibility index (Phi) is 4.36. The van der Waals surface area contributed by atoms with E-state index in [1.807, 2.05) is 12.1 Å². The number of carboxylic acid groups (broad SMARTS) is 1. The average molecular weight is 246 g/mol. The Labute approximate surface area is 107 Å². The monoisotopic (exact) mass is 246 g/mol. The van der Waals surface area contributed by atoms with E-state index in [2.05, 4.69) is 22.3 Å². The largest absolute Gasteiger partial charge is 0.478 e. The molecule has 4 nitrogen and oxygen atoms in total. The number of rotatable bonds is 5. The quantitative estimate of drug-likeness (QED) is 0.783. The van der Waals surface area contributed by atoms with Gasteiger partial charge in [0, 0.05) is 24.5 Å². The Morgan fingerprint density at radius 2 is 1.94 bits per heavy atom. The van der Waals surface area contributed by atoms with Crippen molar-refractivity contribution in [1.82, 2.24) is 4.90 Å². The molecule has 2 N–H and O–H groups in total. The van der Waals surface area contributed by atoms with Gasteiger partial charge in [0.05, 0.1) is 0 Å². The van der Waals surface area contributed by atoms with Gasteiger partial charge in [-0.2, -0.15) is 0 Å². The van der Waals surface area contributed by atoms with Gasteiger partial charge in [-0.3, -0.25) is 4.90 Å². The molecule has 0 bridgehead atoms. The smallest absolute Gasteiger partial charge is 0.329 e. The molecule has 1 saturated heterocycles. The van der Waals surface area contributed by atoms with Crippen molar-refractivity contribution in [2.24, 2.45) is 0 Å². The lowest BCUT2D eigenvalue weighted by molar-refractivity contribution is -0.131. The van der Waals surface area contributed by atoms with Gasteiger partial charge >= 0.3 is 5.97 Å². The highest BCUT2D eigenvalue weighted by molar-refractivity contribution is 5.80. The van der Waals surface area contributed by atoms with E-state index in [-0.39, 0.29) is 0 Å². The molecule has 1 heterocycles. The van der Waals surface area contributed by atoms with Gasteiger partial charge in [-0.05, 0) is 43.6 Å². The molecule has 0 aromatic heterocycles. The fourth-order valence-corrected chi connectivity index (χ4v) is 2.11. The summed E-state index contributed by atoms with van der Waals surface area (Å²) < 4.78 is 0. The number of anilines is 1. The van der Waals surface area contributed by atoms with Gasteiger partial charge in [-0.1, -0.05) is 12.1 Å². The molecule has 1 aromatic rings. The van der Waals surface area contributed by atoms with Crippen LogP contribution in [0.3, 0.4) is 0 Å². The normalized spacial score (nSPS) is 16.2. The summed E-state index contributed by atoms with van der Waals surface area (Å²) in [7, 11) is 0. The van der Waals surface area contributed by atoms with Gasteiger partial charge in [0.15, 0.2) is 0 Å². The first-order valence-corrected chi connectivity index (χ1v) is 6.21. The van der Waals surface area contributed by atoms with Crippen molar-refractivity contribution in [1.29, 1.82) is 0 Å². The van der Waals surface area contributed by atoms with Crippen LogP contribution in [0.5, 0.6) is 0 Å². The summed E-state index contributed by atoms with van der Waals surface area (Å²) in [6.45, 7) is 3.40. The van der Waals surface area contributed by atoms with E-state index >= 15 is 0 Å². The lowest BCUT2D eigenvalue weighted by Gasteiger charge is -2.14. The lowest BCUT2D eigenvalue weighted by Crippen LogP contribution is -2.18. The topological polar surface area (TPSA) is 52.6 Å². The molecule has 2 rings (SSSR count). The number of carboxylic acids is 1. The van der Waals surface area contributed by atoms with Crippen LogP contribution in [0.4, 0.5) is 5.69 Å². The third kappa shape index (κ3) is 3.89. The Morgan fingerprint density at radius 3 is 2.56 bits per heavy atom. The molecular formula is C14H18N2O2. The number of hydrogen-bond donors (Lipinski definition) is 2. The third-order valence-corrected chi connectivity index (χ3v) is 3.03. The van der Waals surface area contributed by atoms with E-state index in [1.165, 1.54) is 37.7 Å². The van der Waals surface area contributed by atoms with Crippen LogP contribution in [0, 0.1) is 0 Å². The van der Waals surface area contributed by atoms with Gasteiger partial charge in [0.2, 0.25) is 0 Å². The molecule has 0 unspecified atom stereocenters. The average Bonchev–Trinajstić information content (AvgIpc) is 2.84. The number of carbonyl (C=O) groups is 1. The van der Waals surface area contributed by atoms with Crippen LogP contribution in [0.2, 0.25) is 0 Å². The Balaban J connectivity index is 1.86. The van der Waals surface area contributed by atoms with Crippen LogP contribution in [0.15, 0.2) is 36.5 Å². The van der Waals surface area contributed by atoms with E-state index in [4.69, 9.17) is 5.11 Å². The second kappa shape index (κ2) is 6.21. The maximum absolute atomic E-state index is 10.3. The lowest BCUT2D eigenvalue weighted by atomic mass is 10.2. The molecule has 0 spiro atoms. The molecule has 96 valence electrons. The summed E-state index contributed by atoms with van der Waals surface area (Å²) in [4.78, 5) is 12.8. The van der Waals surface area contributed by atoms with Gasteiger partial charge in [0.25, 0.3) is 0 Å². The van der Waals surface area contributed by atoms with Gasteiger partial charge in [-0.15, -0.1) is 0 Å². The third-order valence-electron chi connectivity index (χ3n) is 3.03. The first-order valence-electron chi connectivity index (χ1n) is 6.21. The standard InChI is InChI=1S/C14H18N2O2/c17-14(18)7-8-15-13-5-3-12(4-6-13)11-16-9-1-2-10-16/h3-8,15H,1-2,9-11H2,(H,17,18). The zero-order valence-corrected chi connectivity index (χ0v) is 10.3. The van der Waals surface area contributed by atoms with E-state index in [0.29, 0.717) is 0 Å². The number of aliphatic carboxylic acids is 1. The highest BCUT2D eigenvalue weighted by Gasteiger charge is 2.11. The number of nitrogens with one attached hydrogen (secondary N) is 1. The molecule has 0 saturated carbocycles. The van der Waals surface area contributed by atoms with Crippen molar-refractivity contribution in [2.45, 2.75) is 19.4 Å². The molecular weight excluding hydrogens is 228 g/mol. The van der Waals surface area contributed by atoms with Crippen molar-refractivity contribution in [3.05, 3.63) is 42.1 Å². The highest BCUT2D eigenvalue weighted by atomic mass is 16.4. The first kappa shape index (κ1) is 12.6. The van der Waals surface area contributed by atoms with Crippen LogP contribution in [-0.2, 0) is 11.3 Å². The Bertz CT molecular complexity index is 420. The summed E-state index contributed by atoms with van der Waals surface area (Å²) in [5.41, 5.74) is 2.20. The fourth-order valence-electron chi connectivity index (χ4n) is 2.11. The van der Waals surface area contributed by atoms with Crippen LogP contribution < -0.4 is 5.32 Å². The van der Waals surface area contributed by atoms with Crippen molar-refractivity contribution in [2.75, 3.05) is 18.4 Å². The van der Waals surface area contributed by atoms with Crippen molar-refractivity contribution in [3.8, 4) is 0 Å². The minimum atomic E-state index is -0.951. The Morgan fingerprint density at radius 1 is 1.28 bits per heavy atom. The summed E-state index contributed by atoms with van der Waals surface area (Å²) in [6.07, 6.45) is 5.12. The predicted molar refractivity (Wildman–Crippen MR) is 71.4 cm³/mol. The van der Waals surface area contributed by atoms with Crippen LogP contribution in [-0.4, -0.2) is 29.1 Å². The summed E-state index contributed by atoms with van der Waals surface area (Å²) in [6, 6.07) is 8.10. The molecule has 0 radical (unpaired) electrons. The zero-order chi connectivity index (χ0) is 12.8. The van der Waals surface area contributed by atoms with Crippen molar-refractivity contribution < 1.29 is 9.90 Å². The van der Waals surface area contributed by atoms with Crippen LogP contribution in [0.25, 0.3) is 0 Å². The minimum absolute atomic E-state index is 0.901. The van der Waals surface area contributed by atoms with Crippen LogP contribution >= 0.6 is 0 Å². The summed E-state index contributed by atoms with van der Waals surface area (Å²) >= 11 is 0. The number of hydrogen-bond acceptors (Lipinski definition) is 3. The van der Waals surface area contributed by atoms with Gasteiger partial charge in [0.1, 0.15) is 0 Å². The van der Waals surface area contributed by atoms with E-state index in [1.54, 1.807) is 0 Å². The van der Waals surface area contributed by atoms with Gasteiger partial charge < -0.3 is 10.4 Å². The van der Waals surface area contributed by atoms with E-state index in [0.717, 1.165) is 18.3 Å². The minimum Gasteiger partial charge on any atom is -0.478 e. The molecule has 0 amide bonds. The second-order valence-electron chi connectivity index (χ2n) is 4.50. The first-order chi connectivity index (χ1) is 8.74. The number of nitrogens with zero attached hydrogens (tertiary/aromatic N) is 1. The molecule has 0 atom stereocenters. The molecule has 1 aliphatic heterocycles. The maximum atomic E-state index is 10.3. The molecule has 1 fully saturated rings. The summed E-state index contributed by atoms with van der Waals surface area (Å²) in [5, 5.41) is 11.4. The maximum Gasteiger partial charge on any atom is 0.329 e. The SMILES string of the molecule is O=C(O)C=CNc1ccc(CN2CCCC2)cc1. The summed E-state index contributed by atoms with van der Waals surface area (Å²) in [5.74, 6) is -0.951. The van der Waals surface area contributed by atoms with E-state index in [9.17, 15) is 4.79 Å². The van der Waals surface area contributed by atoms with E-state index < -0.39 is 5.97 Å². The second-order valence-corrected chi connectivity index (χ2v) is 4.50. The number of likely N-dealkylation sites (tertiary alicyclic amines) is 1. The van der Waals surface area contributed by atoms with Crippen molar-refractivity contribution in [3.63, 3.8) is 0 Å². The molecule has 1 aromatic carbocycles. The molecule has 0 aliphatic carbocycles. The molecule has 1 aliphatic rings. The van der Waals surface area contributed by atoms with Crippen LogP contribution in [0.1, 0.15) is 18.4 Å². The molecule has 4 heteroatoms. The fraction of sp³-hybridized carbons (Fsp3) is 0.357. The van der Waals surface area contributed by atoms with Gasteiger partial charge in [-0.25, -0.2) is 4.79 Å². The predicted octanol–water partition coefficient (Wildman–Crippen LogP) is 2.29. The van der Waals surface area contributed by atoms with Crippen molar-refractivity contribution >= 4 is 11.7 Å².